The van der Waals surface area contributed by atoms with Gasteiger partial charge >= 0.3 is 5.97 Å². The molecule has 33 heavy (non-hydrogen) atoms. The SMILES string of the molecule is Cc1cccc(/C=C/C(=O)Oc2cccc(-c3nc(N4CCOCC4)c4sccc4n3)c2)c1. The van der Waals surface area contributed by atoms with Crippen molar-refractivity contribution in [3.8, 4) is 17.1 Å². The van der Waals surface area contributed by atoms with E-state index in [1.165, 1.54) is 6.08 Å². The number of ether oxygens (including phenoxy) is 2. The molecule has 0 saturated carbocycles. The number of morpholine rings is 1. The van der Waals surface area contributed by atoms with Gasteiger partial charge in [-0.2, -0.15) is 0 Å². The first-order chi connectivity index (χ1) is 16.2. The van der Waals surface area contributed by atoms with Gasteiger partial charge in [0.2, 0.25) is 0 Å². The van der Waals surface area contributed by atoms with Crippen LogP contribution in [0.1, 0.15) is 11.1 Å². The van der Waals surface area contributed by atoms with Crippen LogP contribution in [0.15, 0.2) is 66.1 Å². The topological polar surface area (TPSA) is 64.5 Å². The summed E-state index contributed by atoms with van der Waals surface area (Å²) in [5.74, 6) is 1.55. The smallest absolute Gasteiger partial charge is 0.336 e. The number of rotatable bonds is 5. The highest BCUT2D eigenvalue weighted by Crippen LogP contribution is 2.32. The number of fused-ring (bicyclic) bond motifs is 1. The summed E-state index contributed by atoms with van der Waals surface area (Å²) in [4.78, 5) is 24.2. The van der Waals surface area contributed by atoms with Crippen molar-refractivity contribution in [2.45, 2.75) is 6.92 Å². The molecule has 0 N–H and O–H groups in total. The molecule has 6 nitrogen and oxygen atoms in total. The average molecular weight is 458 g/mol. The Balaban J connectivity index is 1.39. The Morgan fingerprint density at radius 2 is 1.94 bits per heavy atom. The lowest BCUT2D eigenvalue weighted by Gasteiger charge is -2.28. The number of carbonyl (C=O) groups excluding carboxylic acids is 1. The lowest BCUT2D eigenvalue weighted by molar-refractivity contribution is -0.128. The number of esters is 1. The van der Waals surface area contributed by atoms with Crippen LogP contribution in [0.25, 0.3) is 27.7 Å². The van der Waals surface area contributed by atoms with Crippen molar-refractivity contribution in [1.29, 1.82) is 0 Å². The van der Waals surface area contributed by atoms with E-state index in [0.717, 1.165) is 45.8 Å². The number of thiophene rings is 1. The number of nitrogens with zero attached hydrogens (tertiary/aromatic N) is 3. The number of hydrogen-bond acceptors (Lipinski definition) is 7. The minimum Gasteiger partial charge on any atom is -0.423 e. The number of anilines is 1. The van der Waals surface area contributed by atoms with E-state index < -0.39 is 5.97 Å². The number of aryl methyl sites for hydroxylation is 1. The second-order valence-electron chi connectivity index (χ2n) is 7.80. The van der Waals surface area contributed by atoms with Gasteiger partial charge in [0.15, 0.2) is 11.6 Å². The van der Waals surface area contributed by atoms with E-state index in [-0.39, 0.29) is 0 Å². The van der Waals surface area contributed by atoms with Crippen LogP contribution in [-0.2, 0) is 9.53 Å². The molecular formula is C26H23N3O3S. The van der Waals surface area contributed by atoms with Gasteiger partial charge in [-0.05, 0) is 42.1 Å². The van der Waals surface area contributed by atoms with E-state index in [1.807, 2.05) is 54.8 Å². The minimum absolute atomic E-state index is 0.433. The van der Waals surface area contributed by atoms with Crippen LogP contribution in [0.3, 0.4) is 0 Å². The summed E-state index contributed by atoms with van der Waals surface area (Å²) < 4.78 is 12.1. The number of aromatic nitrogens is 2. The van der Waals surface area contributed by atoms with E-state index in [9.17, 15) is 4.79 Å². The molecule has 3 heterocycles. The normalized spacial score (nSPS) is 14.2. The zero-order valence-electron chi connectivity index (χ0n) is 18.2. The molecule has 0 unspecified atom stereocenters. The maximum atomic E-state index is 12.4. The zero-order chi connectivity index (χ0) is 22.6. The van der Waals surface area contributed by atoms with Crippen molar-refractivity contribution in [1.82, 2.24) is 9.97 Å². The molecule has 1 aliphatic rings. The van der Waals surface area contributed by atoms with Crippen LogP contribution in [0.5, 0.6) is 5.75 Å². The quantitative estimate of drug-likeness (QED) is 0.235. The summed E-state index contributed by atoms with van der Waals surface area (Å²) in [5, 5.41) is 2.03. The Morgan fingerprint density at radius 3 is 2.79 bits per heavy atom. The van der Waals surface area contributed by atoms with Crippen molar-refractivity contribution >= 4 is 39.4 Å². The van der Waals surface area contributed by atoms with Gasteiger partial charge in [-0.25, -0.2) is 14.8 Å². The molecule has 0 bridgehead atoms. The van der Waals surface area contributed by atoms with Gasteiger partial charge in [0, 0.05) is 24.7 Å². The van der Waals surface area contributed by atoms with Crippen LogP contribution < -0.4 is 9.64 Å². The molecule has 1 fully saturated rings. The van der Waals surface area contributed by atoms with Crippen molar-refractivity contribution in [3.05, 3.63) is 77.2 Å². The molecule has 166 valence electrons. The fourth-order valence-corrected chi connectivity index (χ4v) is 4.60. The summed E-state index contributed by atoms with van der Waals surface area (Å²) in [5.41, 5.74) is 3.80. The summed E-state index contributed by atoms with van der Waals surface area (Å²) in [6, 6.07) is 17.3. The van der Waals surface area contributed by atoms with Gasteiger partial charge in [0.25, 0.3) is 0 Å². The summed E-state index contributed by atoms with van der Waals surface area (Å²) in [6.07, 6.45) is 3.19. The Hall–Kier alpha value is -3.55. The van der Waals surface area contributed by atoms with Crippen molar-refractivity contribution < 1.29 is 14.3 Å². The first-order valence-electron chi connectivity index (χ1n) is 10.8. The molecule has 5 rings (SSSR count). The summed E-state index contributed by atoms with van der Waals surface area (Å²) >= 11 is 1.64. The van der Waals surface area contributed by atoms with E-state index in [4.69, 9.17) is 19.4 Å². The standard InChI is InChI=1S/C26H23N3O3S/c1-18-4-2-5-19(16-18)8-9-23(30)32-21-7-3-6-20(17-21)25-27-22-10-15-33-24(22)26(28-25)29-11-13-31-14-12-29/h2-10,15-17H,11-14H2,1H3/b9-8+. The van der Waals surface area contributed by atoms with Gasteiger partial charge in [-0.3, -0.25) is 0 Å². The fraction of sp³-hybridized carbons (Fsp3) is 0.192. The predicted molar refractivity (Wildman–Crippen MR) is 132 cm³/mol. The number of carbonyl (C=O) groups is 1. The summed E-state index contributed by atoms with van der Waals surface area (Å²) in [7, 11) is 0. The molecule has 2 aromatic carbocycles. The highest BCUT2D eigenvalue weighted by molar-refractivity contribution is 7.17. The Morgan fingerprint density at radius 1 is 1.09 bits per heavy atom. The third-order valence-corrected chi connectivity index (χ3v) is 6.26. The van der Waals surface area contributed by atoms with Gasteiger partial charge in [0.05, 0.1) is 23.4 Å². The maximum Gasteiger partial charge on any atom is 0.336 e. The molecule has 2 aromatic heterocycles. The molecule has 0 spiro atoms. The van der Waals surface area contributed by atoms with Crippen LogP contribution in [0, 0.1) is 6.92 Å². The molecule has 7 heteroatoms. The number of benzene rings is 2. The number of hydrogen-bond donors (Lipinski definition) is 0. The summed E-state index contributed by atoms with van der Waals surface area (Å²) in [6.45, 7) is 4.99. The molecule has 0 radical (unpaired) electrons. The third kappa shape index (κ3) is 4.94. The van der Waals surface area contributed by atoms with Crippen molar-refractivity contribution in [3.63, 3.8) is 0 Å². The van der Waals surface area contributed by atoms with E-state index in [1.54, 1.807) is 29.5 Å². The van der Waals surface area contributed by atoms with Crippen LogP contribution >= 0.6 is 11.3 Å². The lowest BCUT2D eigenvalue weighted by atomic mass is 10.1. The predicted octanol–water partition coefficient (Wildman–Crippen LogP) is 5.12. The second kappa shape index (κ2) is 9.52. The molecule has 1 saturated heterocycles. The lowest BCUT2D eigenvalue weighted by Crippen LogP contribution is -2.36. The monoisotopic (exact) mass is 457 g/mol. The van der Waals surface area contributed by atoms with Crippen LogP contribution in [0.4, 0.5) is 5.82 Å². The van der Waals surface area contributed by atoms with Crippen LogP contribution in [-0.4, -0.2) is 42.2 Å². The zero-order valence-corrected chi connectivity index (χ0v) is 19.0. The van der Waals surface area contributed by atoms with Gasteiger partial charge in [-0.1, -0.05) is 42.0 Å². The molecule has 0 aliphatic carbocycles. The van der Waals surface area contributed by atoms with Gasteiger partial charge in [0.1, 0.15) is 5.75 Å². The largest absolute Gasteiger partial charge is 0.423 e. The third-order valence-electron chi connectivity index (χ3n) is 5.36. The second-order valence-corrected chi connectivity index (χ2v) is 8.72. The molecule has 0 amide bonds. The molecule has 1 aliphatic heterocycles. The van der Waals surface area contributed by atoms with E-state index >= 15 is 0 Å². The molecule has 4 aromatic rings. The highest BCUT2D eigenvalue weighted by atomic mass is 32.1. The molecule has 0 atom stereocenters. The van der Waals surface area contributed by atoms with Crippen LogP contribution in [0.2, 0.25) is 0 Å². The Kier molecular flexibility index (Phi) is 6.15. The minimum atomic E-state index is -0.433. The van der Waals surface area contributed by atoms with Gasteiger partial charge < -0.3 is 14.4 Å². The first kappa shape index (κ1) is 21.3. The maximum absolute atomic E-state index is 12.4. The van der Waals surface area contributed by atoms with E-state index in [2.05, 4.69) is 4.90 Å². The Bertz CT molecular complexity index is 1330. The fourth-order valence-electron chi connectivity index (χ4n) is 3.75. The van der Waals surface area contributed by atoms with Crippen molar-refractivity contribution in [2.24, 2.45) is 0 Å². The Labute approximate surface area is 196 Å². The first-order valence-corrected chi connectivity index (χ1v) is 11.7. The van der Waals surface area contributed by atoms with E-state index in [0.29, 0.717) is 24.8 Å². The van der Waals surface area contributed by atoms with Crippen molar-refractivity contribution in [2.75, 3.05) is 31.2 Å². The average Bonchev–Trinajstić information content (AvgIpc) is 3.32. The van der Waals surface area contributed by atoms with Gasteiger partial charge in [-0.15, -0.1) is 11.3 Å². The highest BCUT2D eigenvalue weighted by Gasteiger charge is 2.19. The molecular weight excluding hydrogens is 434 g/mol.